The van der Waals surface area contributed by atoms with Crippen LogP contribution in [0.3, 0.4) is 0 Å². The van der Waals surface area contributed by atoms with Gasteiger partial charge >= 0.3 is 0 Å². The van der Waals surface area contributed by atoms with Crippen molar-refractivity contribution in [2.75, 3.05) is 0 Å². The van der Waals surface area contributed by atoms with Gasteiger partial charge in [0.1, 0.15) is 5.76 Å². The maximum Gasteiger partial charge on any atom is 0.287 e. The highest BCUT2D eigenvalue weighted by Gasteiger charge is 2.13. The van der Waals surface area contributed by atoms with E-state index in [1.165, 1.54) is 0 Å². The molecule has 0 aliphatic carbocycles. The van der Waals surface area contributed by atoms with E-state index in [4.69, 9.17) is 16.0 Å². The summed E-state index contributed by atoms with van der Waals surface area (Å²) in [6, 6.07) is 17.8. The first-order valence-corrected chi connectivity index (χ1v) is 10.3. The predicted octanol–water partition coefficient (Wildman–Crippen LogP) is 4.93. The number of carbonyl (C=O) groups excluding carboxylic acids is 1. The minimum atomic E-state index is -1.27. The largest absolute Gasteiger partial charge is 0.455 e. The normalized spacial score (nSPS) is 11.9. The average Bonchev–Trinajstić information content (AvgIpc) is 3.09. The smallest absolute Gasteiger partial charge is 0.287 e. The van der Waals surface area contributed by atoms with Crippen LogP contribution in [0, 0.1) is 0 Å². The molecule has 1 atom stereocenters. The molecule has 1 amide bonds. The Labute approximate surface area is 167 Å². The zero-order valence-electron chi connectivity index (χ0n) is 13.6. The van der Waals surface area contributed by atoms with E-state index in [0.29, 0.717) is 22.2 Å². The Kier molecular flexibility index (Phi) is 6.29. The van der Waals surface area contributed by atoms with Gasteiger partial charge in [-0.05, 0) is 54.1 Å². The summed E-state index contributed by atoms with van der Waals surface area (Å²) in [5, 5.41) is 3.39. The number of halogens is 2. The fraction of sp³-hybridized carbons (Fsp3) is 0.105. The molecule has 1 aromatic heterocycles. The fourth-order valence-electron chi connectivity index (χ4n) is 2.29. The third-order valence-corrected chi connectivity index (χ3v) is 5.67. The van der Waals surface area contributed by atoms with Gasteiger partial charge < -0.3 is 9.73 Å². The summed E-state index contributed by atoms with van der Waals surface area (Å²) in [5.74, 6) is 0.572. The van der Waals surface area contributed by atoms with Crippen molar-refractivity contribution < 1.29 is 13.4 Å². The van der Waals surface area contributed by atoms with Crippen LogP contribution in [0.4, 0.5) is 0 Å². The van der Waals surface area contributed by atoms with Crippen LogP contribution in [-0.4, -0.2) is 10.1 Å². The van der Waals surface area contributed by atoms with Gasteiger partial charge in [-0.1, -0.05) is 39.7 Å². The van der Waals surface area contributed by atoms with Crippen molar-refractivity contribution in [3.8, 4) is 0 Å². The first-order chi connectivity index (χ1) is 12.5. The van der Waals surface area contributed by atoms with E-state index >= 15 is 0 Å². The van der Waals surface area contributed by atoms with Crippen molar-refractivity contribution in [1.29, 1.82) is 0 Å². The molecule has 7 heteroatoms. The zero-order chi connectivity index (χ0) is 18.5. The quantitative estimate of drug-likeness (QED) is 0.577. The fourth-order valence-corrected chi connectivity index (χ4v) is 3.89. The van der Waals surface area contributed by atoms with Crippen LogP contribution in [0.5, 0.6) is 0 Å². The van der Waals surface area contributed by atoms with Crippen molar-refractivity contribution in [2.24, 2.45) is 0 Å². The molecule has 134 valence electrons. The van der Waals surface area contributed by atoms with Crippen LogP contribution in [-0.2, 0) is 23.1 Å². The van der Waals surface area contributed by atoms with Gasteiger partial charge in [-0.25, -0.2) is 0 Å². The summed E-state index contributed by atoms with van der Waals surface area (Å²) in [5.41, 5.74) is 0.975. The van der Waals surface area contributed by atoms with Crippen LogP contribution < -0.4 is 5.32 Å². The molecule has 0 radical (unpaired) electrons. The number of nitrogens with one attached hydrogen (secondary N) is 1. The molecule has 0 fully saturated rings. The van der Waals surface area contributed by atoms with E-state index in [1.807, 2.05) is 24.3 Å². The maximum atomic E-state index is 12.4. The van der Waals surface area contributed by atoms with Crippen LogP contribution in [0.15, 0.2) is 74.4 Å². The molecule has 0 saturated heterocycles. The highest BCUT2D eigenvalue weighted by Crippen LogP contribution is 2.18. The zero-order valence-corrected chi connectivity index (χ0v) is 16.7. The summed E-state index contributed by atoms with van der Waals surface area (Å²) in [7, 11) is -1.27. The van der Waals surface area contributed by atoms with E-state index in [9.17, 15) is 9.00 Å². The Morgan fingerprint density at radius 1 is 1.12 bits per heavy atom. The van der Waals surface area contributed by atoms with Crippen LogP contribution in [0.1, 0.15) is 21.9 Å². The van der Waals surface area contributed by atoms with E-state index in [1.54, 1.807) is 36.4 Å². The van der Waals surface area contributed by atoms with Gasteiger partial charge in [-0.2, -0.15) is 0 Å². The number of furan rings is 1. The molecule has 1 N–H and O–H groups in total. The number of hydrogen-bond acceptors (Lipinski definition) is 3. The molecule has 0 spiro atoms. The summed E-state index contributed by atoms with van der Waals surface area (Å²) >= 11 is 9.23. The summed E-state index contributed by atoms with van der Waals surface area (Å²) in [6.45, 7) is 0.394. The lowest BCUT2D eigenvalue weighted by Gasteiger charge is -2.04. The maximum absolute atomic E-state index is 12.4. The van der Waals surface area contributed by atoms with Gasteiger partial charge in [-0.3, -0.25) is 9.00 Å². The molecule has 4 nitrogen and oxygen atoms in total. The lowest BCUT2D eigenvalue weighted by atomic mass is 10.2. The van der Waals surface area contributed by atoms with Crippen molar-refractivity contribution in [1.82, 2.24) is 5.32 Å². The highest BCUT2D eigenvalue weighted by atomic mass is 79.9. The van der Waals surface area contributed by atoms with Crippen molar-refractivity contribution >= 4 is 44.2 Å². The molecule has 2 aromatic carbocycles. The summed E-state index contributed by atoms with van der Waals surface area (Å²) in [6.07, 6.45) is 0. The SMILES string of the molecule is O=C(NCc1cccc(Br)c1)c1ccc(C[S@](=O)c2ccc(Cl)cc2)o1. The first kappa shape index (κ1) is 18.9. The van der Waals surface area contributed by atoms with Crippen LogP contribution in [0.2, 0.25) is 5.02 Å². The van der Waals surface area contributed by atoms with E-state index in [-0.39, 0.29) is 17.4 Å². The monoisotopic (exact) mass is 451 g/mol. The predicted molar refractivity (Wildman–Crippen MR) is 106 cm³/mol. The van der Waals surface area contributed by atoms with Crippen molar-refractivity contribution in [2.45, 2.75) is 17.2 Å². The van der Waals surface area contributed by atoms with E-state index < -0.39 is 10.8 Å². The molecule has 3 aromatic rings. The molecular weight excluding hydrogens is 438 g/mol. The van der Waals surface area contributed by atoms with Crippen molar-refractivity contribution in [3.63, 3.8) is 0 Å². The van der Waals surface area contributed by atoms with Gasteiger partial charge in [0.05, 0.1) is 16.6 Å². The Morgan fingerprint density at radius 3 is 2.62 bits per heavy atom. The van der Waals surface area contributed by atoms with Crippen LogP contribution in [0.25, 0.3) is 0 Å². The standard InChI is InChI=1S/C19H15BrClNO3S/c20-14-3-1-2-13(10-14)11-22-19(23)18-9-6-16(25-18)12-26(24)17-7-4-15(21)5-8-17/h1-10H,11-12H2,(H,22,23)/t26-/m0/s1. The van der Waals surface area contributed by atoms with Crippen molar-refractivity contribution in [3.05, 3.63) is 87.2 Å². The van der Waals surface area contributed by atoms with E-state index in [2.05, 4.69) is 21.2 Å². The Balaban J connectivity index is 1.59. The molecule has 1 heterocycles. The molecule has 0 unspecified atom stereocenters. The Hall–Kier alpha value is -1.89. The van der Waals surface area contributed by atoms with Gasteiger partial charge in [-0.15, -0.1) is 0 Å². The van der Waals surface area contributed by atoms with E-state index in [0.717, 1.165) is 10.0 Å². The van der Waals surface area contributed by atoms with Gasteiger partial charge in [0.15, 0.2) is 5.76 Å². The second-order valence-electron chi connectivity index (χ2n) is 5.52. The Bertz CT molecular complexity index is 940. The molecule has 0 bridgehead atoms. The number of benzene rings is 2. The minimum Gasteiger partial charge on any atom is -0.455 e. The second-order valence-corrected chi connectivity index (χ2v) is 8.33. The molecule has 26 heavy (non-hydrogen) atoms. The minimum absolute atomic E-state index is 0.195. The average molecular weight is 453 g/mol. The topological polar surface area (TPSA) is 59.3 Å². The second kappa shape index (κ2) is 8.66. The van der Waals surface area contributed by atoms with Gasteiger partial charge in [0.2, 0.25) is 0 Å². The third-order valence-electron chi connectivity index (χ3n) is 3.58. The number of rotatable bonds is 6. The molecule has 0 aliphatic rings. The number of carbonyl (C=O) groups is 1. The van der Waals surface area contributed by atoms with Crippen LogP contribution >= 0.6 is 27.5 Å². The van der Waals surface area contributed by atoms with Gasteiger partial charge in [0.25, 0.3) is 5.91 Å². The molecule has 3 rings (SSSR count). The lowest BCUT2D eigenvalue weighted by Crippen LogP contribution is -2.22. The molecule has 0 saturated carbocycles. The number of amides is 1. The first-order valence-electron chi connectivity index (χ1n) is 7.76. The third kappa shape index (κ3) is 5.06. The Morgan fingerprint density at radius 2 is 1.88 bits per heavy atom. The molecule has 0 aliphatic heterocycles. The molecular formula is C19H15BrClNO3S. The highest BCUT2D eigenvalue weighted by molar-refractivity contribution is 9.10. The summed E-state index contributed by atoms with van der Waals surface area (Å²) in [4.78, 5) is 12.9. The number of hydrogen-bond donors (Lipinski definition) is 1. The lowest BCUT2D eigenvalue weighted by molar-refractivity contribution is 0.0921. The summed E-state index contributed by atoms with van der Waals surface area (Å²) < 4.78 is 18.8. The van der Waals surface area contributed by atoms with Gasteiger partial charge in [0, 0.05) is 20.9 Å².